The number of rotatable bonds is 6. The second kappa shape index (κ2) is 7.43. The summed E-state index contributed by atoms with van der Waals surface area (Å²) in [5.41, 5.74) is 8.92. The highest BCUT2D eigenvalue weighted by atomic mass is 16.3. The van der Waals surface area contributed by atoms with E-state index in [0.29, 0.717) is 24.1 Å². The largest absolute Gasteiger partial charge is 0.508 e. The van der Waals surface area contributed by atoms with Gasteiger partial charge in [-0.15, -0.1) is 0 Å². The lowest BCUT2D eigenvalue weighted by Gasteiger charge is -2.10. The molecule has 0 saturated carbocycles. The van der Waals surface area contributed by atoms with E-state index in [9.17, 15) is 5.11 Å². The van der Waals surface area contributed by atoms with E-state index in [-0.39, 0.29) is 11.7 Å². The van der Waals surface area contributed by atoms with Crippen LogP contribution >= 0.6 is 0 Å². The lowest BCUT2D eigenvalue weighted by atomic mass is 10.1. The highest BCUT2D eigenvalue weighted by molar-refractivity contribution is 5.79. The smallest absolute Gasteiger partial charge is 0.223 e. The van der Waals surface area contributed by atoms with E-state index in [1.165, 1.54) is 0 Å². The van der Waals surface area contributed by atoms with Crippen LogP contribution in [0.3, 0.4) is 0 Å². The summed E-state index contributed by atoms with van der Waals surface area (Å²) in [5.74, 6) is 2.31. The van der Waals surface area contributed by atoms with Gasteiger partial charge in [0.15, 0.2) is 0 Å². The molecule has 0 saturated heterocycles. The number of hydrogen-bond acceptors (Lipinski definition) is 7. The molecule has 0 spiro atoms. The Morgan fingerprint density at radius 1 is 1.00 bits per heavy atom. The number of nitrogen functional groups attached to an aromatic ring is 1. The number of fused-ring (bicyclic) bond motifs is 1. The van der Waals surface area contributed by atoms with Crippen molar-refractivity contribution in [2.75, 3.05) is 22.9 Å². The number of imidazole rings is 1. The Hall–Kier alpha value is -3.81. The fourth-order valence-electron chi connectivity index (χ4n) is 2.99. The summed E-state index contributed by atoms with van der Waals surface area (Å²) in [5, 5.41) is 15.8. The predicted octanol–water partition coefficient (Wildman–Crippen LogP) is 3.05. The fraction of sp³-hybridized carbons (Fsp3) is 0.150. The van der Waals surface area contributed by atoms with Gasteiger partial charge in [0.1, 0.15) is 17.4 Å². The van der Waals surface area contributed by atoms with Crippen LogP contribution < -0.4 is 16.4 Å². The van der Waals surface area contributed by atoms with Gasteiger partial charge in [0.2, 0.25) is 11.9 Å². The Kier molecular flexibility index (Phi) is 4.67. The molecule has 2 heterocycles. The Bertz CT molecular complexity index is 1110. The van der Waals surface area contributed by atoms with Crippen molar-refractivity contribution < 1.29 is 5.11 Å². The number of aromatic hydroxyl groups is 1. The number of aromatic nitrogens is 4. The van der Waals surface area contributed by atoms with Crippen LogP contribution in [-0.4, -0.2) is 31.2 Å². The van der Waals surface area contributed by atoms with Crippen molar-refractivity contribution in [1.82, 2.24) is 19.5 Å². The van der Waals surface area contributed by atoms with Crippen LogP contribution in [0, 0.1) is 0 Å². The molecule has 4 aromatic rings. The molecule has 0 bridgehead atoms. The Morgan fingerprint density at radius 2 is 1.75 bits per heavy atom. The predicted molar refractivity (Wildman–Crippen MR) is 111 cm³/mol. The second-order valence-corrected chi connectivity index (χ2v) is 6.45. The van der Waals surface area contributed by atoms with E-state index < -0.39 is 0 Å². The van der Waals surface area contributed by atoms with Gasteiger partial charge in [-0.3, -0.25) is 0 Å². The number of nitrogens with zero attached hydrogens (tertiary/aromatic N) is 4. The average molecular weight is 375 g/mol. The van der Waals surface area contributed by atoms with Gasteiger partial charge in [0.25, 0.3) is 0 Å². The maximum atomic E-state index is 9.35. The first-order valence-corrected chi connectivity index (χ1v) is 8.93. The first-order chi connectivity index (χ1) is 13.6. The third kappa shape index (κ3) is 3.80. The van der Waals surface area contributed by atoms with Gasteiger partial charge in [-0.05, 0) is 36.2 Å². The summed E-state index contributed by atoms with van der Waals surface area (Å²) in [6, 6.07) is 16.8. The van der Waals surface area contributed by atoms with Crippen molar-refractivity contribution in [2.45, 2.75) is 6.42 Å². The van der Waals surface area contributed by atoms with Gasteiger partial charge in [0.05, 0.1) is 11.0 Å². The van der Waals surface area contributed by atoms with Crippen molar-refractivity contribution in [3.8, 4) is 5.75 Å². The van der Waals surface area contributed by atoms with Crippen molar-refractivity contribution in [3.05, 3.63) is 60.2 Å². The molecule has 5 N–H and O–H groups in total. The normalized spacial score (nSPS) is 10.9. The Balaban J connectivity index is 1.47. The van der Waals surface area contributed by atoms with Gasteiger partial charge < -0.3 is 26.0 Å². The van der Waals surface area contributed by atoms with Crippen molar-refractivity contribution in [2.24, 2.45) is 7.05 Å². The van der Waals surface area contributed by atoms with Crippen LogP contribution in [0.4, 0.5) is 23.5 Å². The number of nitrogens with one attached hydrogen (secondary N) is 2. The molecule has 0 aliphatic rings. The van der Waals surface area contributed by atoms with Crippen LogP contribution in [0.2, 0.25) is 0 Å². The van der Waals surface area contributed by atoms with Crippen molar-refractivity contribution >= 4 is 34.6 Å². The van der Waals surface area contributed by atoms with E-state index >= 15 is 0 Å². The summed E-state index contributed by atoms with van der Waals surface area (Å²) in [7, 11) is 1.94. The van der Waals surface area contributed by atoms with E-state index in [1.807, 2.05) is 48.0 Å². The number of anilines is 4. The van der Waals surface area contributed by atoms with Crippen molar-refractivity contribution in [1.29, 1.82) is 0 Å². The lowest BCUT2D eigenvalue weighted by Crippen LogP contribution is -2.10. The highest BCUT2D eigenvalue weighted by Crippen LogP contribution is 2.22. The summed E-state index contributed by atoms with van der Waals surface area (Å²) in [4.78, 5) is 13.1. The van der Waals surface area contributed by atoms with Crippen LogP contribution in [-0.2, 0) is 13.5 Å². The number of hydrogen-bond donors (Lipinski definition) is 4. The molecular formula is C20H21N7O. The first-order valence-electron chi connectivity index (χ1n) is 8.93. The summed E-state index contributed by atoms with van der Waals surface area (Å²) in [6.07, 6.45) is 0.789. The number of nitrogens with two attached hydrogens (primary N) is 1. The molecule has 0 aliphatic carbocycles. The molecule has 0 atom stereocenters. The molecule has 0 amide bonds. The second-order valence-electron chi connectivity index (χ2n) is 6.45. The number of phenols is 1. The van der Waals surface area contributed by atoms with E-state index in [4.69, 9.17) is 5.73 Å². The van der Waals surface area contributed by atoms with Crippen LogP contribution in [0.1, 0.15) is 5.56 Å². The average Bonchev–Trinajstić information content (AvgIpc) is 2.99. The van der Waals surface area contributed by atoms with E-state index in [2.05, 4.69) is 25.6 Å². The molecule has 0 aliphatic heterocycles. The minimum atomic E-state index is 0.177. The van der Waals surface area contributed by atoms with Gasteiger partial charge in [-0.2, -0.15) is 9.97 Å². The van der Waals surface area contributed by atoms with Gasteiger partial charge in [0, 0.05) is 19.7 Å². The Labute approximate surface area is 162 Å². The van der Waals surface area contributed by atoms with E-state index in [0.717, 1.165) is 23.0 Å². The standard InChI is InChI=1S/C20H21N7O/c1-27-16-5-3-2-4-15(16)23-20(27)26-18-12-17(24-19(21)25-18)22-11-10-13-6-8-14(28)9-7-13/h2-9,12,28H,10-11H2,1H3,(H4,21,22,23,24,25,26). The number of para-hydroxylation sites is 2. The van der Waals surface area contributed by atoms with Crippen molar-refractivity contribution in [3.63, 3.8) is 0 Å². The zero-order chi connectivity index (χ0) is 19.5. The number of benzene rings is 2. The third-order valence-electron chi connectivity index (χ3n) is 4.43. The van der Waals surface area contributed by atoms with Gasteiger partial charge in [-0.25, -0.2) is 4.98 Å². The minimum Gasteiger partial charge on any atom is -0.508 e. The molecule has 4 rings (SSSR count). The maximum Gasteiger partial charge on any atom is 0.223 e. The lowest BCUT2D eigenvalue weighted by molar-refractivity contribution is 0.475. The molecule has 0 radical (unpaired) electrons. The molecule has 142 valence electrons. The molecule has 0 fully saturated rings. The maximum absolute atomic E-state index is 9.35. The summed E-state index contributed by atoms with van der Waals surface area (Å²) >= 11 is 0. The quantitative estimate of drug-likeness (QED) is 0.409. The molecule has 2 aromatic carbocycles. The SMILES string of the molecule is Cn1c(Nc2cc(NCCc3ccc(O)cc3)nc(N)n2)nc2ccccc21. The van der Waals surface area contributed by atoms with Crippen LogP contribution in [0.15, 0.2) is 54.6 Å². The highest BCUT2D eigenvalue weighted by Gasteiger charge is 2.09. The summed E-state index contributed by atoms with van der Waals surface area (Å²) in [6.45, 7) is 0.674. The molecular weight excluding hydrogens is 354 g/mol. The molecule has 2 aromatic heterocycles. The summed E-state index contributed by atoms with van der Waals surface area (Å²) < 4.78 is 1.96. The fourth-order valence-corrected chi connectivity index (χ4v) is 2.99. The van der Waals surface area contributed by atoms with Gasteiger partial charge in [-0.1, -0.05) is 24.3 Å². The minimum absolute atomic E-state index is 0.177. The van der Waals surface area contributed by atoms with Crippen LogP contribution in [0.25, 0.3) is 11.0 Å². The number of aryl methyl sites for hydroxylation is 1. The van der Waals surface area contributed by atoms with E-state index in [1.54, 1.807) is 18.2 Å². The zero-order valence-electron chi connectivity index (χ0n) is 15.4. The molecule has 0 unspecified atom stereocenters. The molecule has 28 heavy (non-hydrogen) atoms. The topological polar surface area (TPSA) is 114 Å². The number of phenolic OH excluding ortho intramolecular Hbond substituents is 1. The monoisotopic (exact) mass is 375 g/mol. The van der Waals surface area contributed by atoms with Crippen LogP contribution in [0.5, 0.6) is 5.75 Å². The van der Waals surface area contributed by atoms with Gasteiger partial charge >= 0.3 is 0 Å². The zero-order valence-corrected chi connectivity index (χ0v) is 15.4. The molecule has 8 nitrogen and oxygen atoms in total. The first kappa shape index (κ1) is 17.6. The Morgan fingerprint density at radius 3 is 2.54 bits per heavy atom. The molecule has 8 heteroatoms. The third-order valence-corrected chi connectivity index (χ3v) is 4.43.